The van der Waals surface area contributed by atoms with E-state index in [-0.39, 0.29) is 11.4 Å². The molecule has 0 radical (unpaired) electrons. The molecule has 2 saturated heterocycles. The van der Waals surface area contributed by atoms with Crippen molar-refractivity contribution < 1.29 is 9.53 Å². The van der Waals surface area contributed by atoms with E-state index in [9.17, 15) is 4.79 Å². The second kappa shape index (κ2) is 10.3. The molecular formula is C25H35N3O2. The zero-order valence-corrected chi connectivity index (χ0v) is 18.6. The lowest BCUT2D eigenvalue weighted by atomic mass is 9.76. The van der Waals surface area contributed by atoms with Crippen LogP contribution in [0.1, 0.15) is 55.6 Å². The Labute approximate surface area is 180 Å². The van der Waals surface area contributed by atoms with E-state index in [0.717, 1.165) is 32.5 Å². The highest BCUT2D eigenvalue weighted by atomic mass is 16.5. The van der Waals surface area contributed by atoms with Crippen LogP contribution in [0.4, 0.5) is 0 Å². The molecule has 162 valence electrons. The fraction of sp³-hybridized carbons (Fsp3) is 0.520. The number of nitrogens with one attached hydrogen (secondary N) is 1. The molecule has 1 aromatic heterocycles. The maximum absolute atomic E-state index is 13.2. The summed E-state index contributed by atoms with van der Waals surface area (Å²) in [6.07, 6.45) is 5.58. The van der Waals surface area contributed by atoms with Crippen LogP contribution in [0.2, 0.25) is 0 Å². The third-order valence-corrected chi connectivity index (χ3v) is 5.98. The summed E-state index contributed by atoms with van der Waals surface area (Å²) in [5.74, 6) is 0.168. The Bertz CT molecular complexity index is 789. The lowest BCUT2D eigenvalue weighted by Gasteiger charge is -2.48. The van der Waals surface area contributed by atoms with Crippen molar-refractivity contribution in [3.8, 4) is 0 Å². The molecule has 1 atom stereocenters. The van der Waals surface area contributed by atoms with Gasteiger partial charge in [0.2, 0.25) is 5.78 Å². The zero-order chi connectivity index (χ0) is 21.5. The van der Waals surface area contributed by atoms with Crippen LogP contribution in [0, 0.1) is 0 Å². The standard InChI is InChI=1S/C17H24N2O2.C8H11N/c1-16(2)13-17(8-12-21-16,19-10-5-6-11-19)15(20)14-7-3-4-9-18-14;1-9-7-8-5-3-2-4-6-8/h3-4,7,9H,5-6,8,10-13H2,1-2H3;2-6,9H,7H2,1H3. The normalized spacial score (nSPS) is 23.4. The highest BCUT2D eigenvalue weighted by molar-refractivity contribution is 6.02. The van der Waals surface area contributed by atoms with Gasteiger partial charge in [0.05, 0.1) is 11.1 Å². The predicted molar refractivity (Wildman–Crippen MR) is 121 cm³/mol. The van der Waals surface area contributed by atoms with Crippen molar-refractivity contribution in [3.05, 3.63) is 66.0 Å². The van der Waals surface area contributed by atoms with Gasteiger partial charge in [-0.05, 0) is 70.9 Å². The SMILES string of the molecule is CC1(C)CC(C(=O)c2ccccn2)(N2CCCC2)CCO1.CNCc1ccccc1. The average Bonchev–Trinajstić information content (AvgIpc) is 3.30. The number of carbonyl (C=O) groups excluding carboxylic acids is 1. The van der Waals surface area contributed by atoms with E-state index < -0.39 is 5.54 Å². The highest BCUT2D eigenvalue weighted by Crippen LogP contribution is 2.40. The van der Waals surface area contributed by atoms with Crippen molar-refractivity contribution in [1.29, 1.82) is 0 Å². The summed E-state index contributed by atoms with van der Waals surface area (Å²) in [6.45, 7) is 7.79. The largest absolute Gasteiger partial charge is 0.375 e. The number of rotatable bonds is 5. The van der Waals surface area contributed by atoms with Gasteiger partial charge in [0, 0.05) is 25.8 Å². The first kappa shape index (κ1) is 22.6. The Morgan fingerprint density at radius 3 is 2.40 bits per heavy atom. The number of benzene rings is 1. The Morgan fingerprint density at radius 1 is 1.10 bits per heavy atom. The molecule has 0 saturated carbocycles. The monoisotopic (exact) mass is 409 g/mol. The van der Waals surface area contributed by atoms with Crippen LogP contribution in [0.25, 0.3) is 0 Å². The van der Waals surface area contributed by atoms with Crippen LogP contribution in [0.5, 0.6) is 0 Å². The topological polar surface area (TPSA) is 54.5 Å². The molecule has 0 aliphatic carbocycles. The Hall–Kier alpha value is -2.08. The van der Waals surface area contributed by atoms with Crippen molar-refractivity contribution in [2.45, 2.75) is 57.2 Å². The second-order valence-corrected chi connectivity index (χ2v) is 8.82. The number of hydrogen-bond acceptors (Lipinski definition) is 5. The number of Topliss-reactive ketones (excluding diaryl/α,β-unsaturated/α-hetero) is 1. The van der Waals surface area contributed by atoms with Crippen LogP contribution in [-0.2, 0) is 11.3 Å². The van der Waals surface area contributed by atoms with Crippen LogP contribution < -0.4 is 5.32 Å². The summed E-state index contributed by atoms with van der Waals surface area (Å²) in [6, 6.07) is 15.9. The van der Waals surface area contributed by atoms with Gasteiger partial charge in [0.1, 0.15) is 5.69 Å². The number of aromatic nitrogens is 1. The second-order valence-electron chi connectivity index (χ2n) is 8.82. The van der Waals surface area contributed by atoms with E-state index in [1.807, 2.05) is 43.4 Å². The third-order valence-electron chi connectivity index (χ3n) is 5.98. The van der Waals surface area contributed by atoms with E-state index in [1.54, 1.807) is 6.20 Å². The van der Waals surface area contributed by atoms with Gasteiger partial charge in [-0.2, -0.15) is 0 Å². The maximum Gasteiger partial charge on any atom is 0.201 e. The van der Waals surface area contributed by atoms with Crippen LogP contribution in [0.15, 0.2) is 54.7 Å². The minimum atomic E-state index is -0.438. The molecule has 0 spiro atoms. The smallest absolute Gasteiger partial charge is 0.201 e. The zero-order valence-electron chi connectivity index (χ0n) is 18.6. The molecule has 2 aliphatic heterocycles. The number of likely N-dealkylation sites (tertiary alicyclic amines) is 1. The lowest BCUT2D eigenvalue weighted by Crippen LogP contribution is -2.60. The van der Waals surface area contributed by atoms with E-state index in [4.69, 9.17) is 4.74 Å². The third kappa shape index (κ3) is 5.54. The van der Waals surface area contributed by atoms with Crippen LogP contribution in [0.3, 0.4) is 0 Å². The Balaban J connectivity index is 0.000000239. The van der Waals surface area contributed by atoms with Crippen molar-refractivity contribution in [3.63, 3.8) is 0 Å². The van der Waals surface area contributed by atoms with Gasteiger partial charge in [0.15, 0.2) is 0 Å². The number of ketones is 1. The molecule has 2 fully saturated rings. The van der Waals surface area contributed by atoms with Gasteiger partial charge in [-0.15, -0.1) is 0 Å². The molecule has 4 rings (SSSR count). The summed E-state index contributed by atoms with van der Waals surface area (Å²) in [5, 5.41) is 3.08. The quantitative estimate of drug-likeness (QED) is 0.754. The average molecular weight is 410 g/mol. The molecule has 0 bridgehead atoms. The first-order valence-corrected chi connectivity index (χ1v) is 11.0. The molecule has 0 amide bonds. The van der Waals surface area contributed by atoms with Crippen molar-refractivity contribution in [1.82, 2.24) is 15.2 Å². The van der Waals surface area contributed by atoms with Crippen LogP contribution in [-0.4, -0.2) is 53.6 Å². The summed E-state index contributed by atoms with van der Waals surface area (Å²) in [7, 11) is 1.95. The fourth-order valence-electron chi connectivity index (χ4n) is 4.63. The molecule has 1 N–H and O–H groups in total. The lowest BCUT2D eigenvalue weighted by molar-refractivity contribution is -0.104. The molecular weight excluding hydrogens is 374 g/mol. The maximum atomic E-state index is 13.2. The Kier molecular flexibility index (Phi) is 7.75. The molecule has 2 aromatic rings. The molecule has 30 heavy (non-hydrogen) atoms. The number of pyridine rings is 1. The number of nitrogens with zero attached hydrogens (tertiary/aromatic N) is 2. The van der Waals surface area contributed by atoms with Gasteiger partial charge in [-0.1, -0.05) is 36.4 Å². The van der Waals surface area contributed by atoms with E-state index in [0.29, 0.717) is 12.3 Å². The van der Waals surface area contributed by atoms with Crippen molar-refractivity contribution >= 4 is 5.78 Å². The van der Waals surface area contributed by atoms with Gasteiger partial charge in [-0.3, -0.25) is 14.7 Å². The number of hydrogen-bond donors (Lipinski definition) is 1. The fourth-order valence-corrected chi connectivity index (χ4v) is 4.63. The number of carbonyl (C=O) groups is 1. The first-order chi connectivity index (χ1) is 14.5. The summed E-state index contributed by atoms with van der Waals surface area (Å²) in [5.41, 5.74) is 1.22. The molecule has 2 aliphatic rings. The summed E-state index contributed by atoms with van der Waals surface area (Å²) in [4.78, 5) is 19.9. The van der Waals surface area contributed by atoms with E-state index in [1.165, 1.54) is 18.4 Å². The predicted octanol–water partition coefficient (Wildman–Crippen LogP) is 4.09. The van der Waals surface area contributed by atoms with Gasteiger partial charge in [-0.25, -0.2) is 0 Å². The summed E-state index contributed by atoms with van der Waals surface area (Å²) < 4.78 is 5.87. The number of ether oxygens (including phenoxy) is 1. The molecule has 1 aromatic carbocycles. The molecule has 3 heterocycles. The minimum Gasteiger partial charge on any atom is -0.375 e. The van der Waals surface area contributed by atoms with Crippen molar-refractivity contribution in [2.75, 3.05) is 26.7 Å². The minimum absolute atomic E-state index is 0.168. The van der Waals surface area contributed by atoms with E-state index >= 15 is 0 Å². The van der Waals surface area contributed by atoms with E-state index in [2.05, 4.69) is 41.2 Å². The van der Waals surface area contributed by atoms with Gasteiger partial charge in [0.25, 0.3) is 0 Å². The van der Waals surface area contributed by atoms with Gasteiger partial charge >= 0.3 is 0 Å². The molecule has 5 heteroatoms. The molecule has 5 nitrogen and oxygen atoms in total. The van der Waals surface area contributed by atoms with Crippen LogP contribution >= 0.6 is 0 Å². The van der Waals surface area contributed by atoms with Gasteiger partial charge < -0.3 is 10.1 Å². The van der Waals surface area contributed by atoms with Crippen molar-refractivity contribution in [2.24, 2.45) is 0 Å². The first-order valence-electron chi connectivity index (χ1n) is 11.0. The summed E-state index contributed by atoms with van der Waals surface area (Å²) >= 11 is 0. The molecule has 1 unspecified atom stereocenters. The highest BCUT2D eigenvalue weighted by Gasteiger charge is 2.51. The Morgan fingerprint density at radius 2 is 1.80 bits per heavy atom.